The average molecular weight is 881 g/mol. The van der Waals surface area contributed by atoms with E-state index in [9.17, 15) is 0 Å². The highest BCUT2D eigenvalue weighted by Crippen LogP contribution is 2.52. The van der Waals surface area contributed by atoms with Gasteiger partial charge in [-0.3, -0.25) is 9.97 Å². The van der Waals surface area contributed by atoms with Crippen LogP contribution in [0.5, 0.6) is 23.0 Å². The predicted octanol–water partition coefficient (Wildman–Crippen LogP) is 11.9. The van der Waals surface area contributed by atoms with Gasteiger partial charge in [-0.2, -0.15) is 0 Å². The second kappa shape index (κ2) is 20.8. The number of ether oxygens (including phenoxy) is 8. The fourth-order valence-electron chi connectivity index (χ4n) is 8.88. The number of hydrogen-bond donors (Lipinski definition) is 0. The molecule has 7 aromatic carbocycles. The van der Waals surface area contributed by atoms with Crippen LogP contribution < -0.4 is 18.9 Å². The molecule has 9 aromatic rings. The summed E-state index contributed by atoms with van der Waals surface area (Å²) in [7, 11) is 6.68. The molecule has 10 heteroatoms. The van der Waals surface area contributed by atoms with Crippen LogP contribution in [0.2, 0.25) is 0 Å². The van der Waals surface area contributed by atoms with Gasteiger partial charge >= 0.3 is 0 Å². The maximum atomic E-state index is 6.58. The Labute approximate surface area is 384 Å². The van der Waals surface area contributed by atoms with Gasteiger partial charge in [0.2, 0.25) is 0 Å². The molecule has 2 aromatic heterocycles. The number of pyridine rings is 2. The lowest BCUT2D eigenvalue weighted by atomic mass is 9.81. The molecular formula is C56H52N2O8. The third-order valence-corrected chi connectivity index (χ3v) is 11.7. The molecule has 0 spiro atoms. The number of nitrogens with zero attached hydrogens (tertiary/aromatic N) is 2. The van der Waals surface area contributed by atoms with E-state index in [1.807, 2.05) is 12.4 Å². The monoisotopic (exact) mass is 880 g/mol. The van der Waals surface area contributed by atoms with Crippen LogP contribution in [0.25, 0.3) is 87.6 Å². The fraction of sp³-hybridized carbons (Fsp3) is 0.214. The Hall–Kier alpha value is -7.08. The van der Waals surface area contributed by atoms with Crippen molar-refractivity contribution in [2.75, 3.05) is 81.3 Å². The number of rotatable bonds is 20. The number of benzene rings is 7. The minimum atomic E-state index is 0.328. The van der Waals surface area contributed by atoms with Gasteiger partial charge in [-0.1, -0.05) is 97.1 Å². The molecule has 0 aliphatic rings. The zero-order valence-corrected chi connectivity index (χ0v) is 37.7. The molecule has 0 saturated heterocycles. The first-order valence-electron chi connectivity index (χ1n) is 22.1. The molecule has 0 atom stereocenters. The largest absolute Gasteiger partial charge is 0.490 e. The van der Waals surface area contributed by atoms with Crippen molar-refractivity contribution in [1.82, 2.24) is 9.97 Å². The minimum absolute atomic E-state index is 0.328. The van der Waals surface area contributed by atoms with Crippen molar-refractivity contribution >= 4 is 43.1 Å². The van der Waals surface area contributed by atoms with E-state index in [-0.39, 0.29) is 0 Å². The molecule has 0 N–H and O–H groups in total. The van der Waals surface area contributed by atoms with E-state index >= 15 is 0 Å². The molecule has 0 saturated carbocycles. The topological polar surface area (TPSA) is 99.6 Å². The number of fused-ring (bicyclic) bond motifs is 4. The summed E-state index contributed by atoms with van der Waals surface area (Å²) in [6, 6.07) is 42.8. The summed E-state index contributed by atoms with van der Waals surface area (Å²) >= 11 is 0. The summed E-state index contributed by atoms with van der Waals surface area (Å²) in [5, 5.41) is 8.54. The van der Waals surface area contributed by atoms with E-state index in [1.165, 1.54) is 0 Å². The van der Waals surface area contributed by atoms with Crippen molar-refractivity contribution in [3.63, 3.8) is 0 Å². The zero-order chi connectivity index (χ0) is 45.2. The molecule has 10 nitrogen and oxygen atoms in total. The van der Waals surface area contributed by atoms with Crippen LogP contribution in [0.3, 0.4) is 0 Å². The van der Waals surface area contributed by atoms with Gasteiger partial charge in [-0.15, -0.1) is 0 Å². The van der Waals surface area contributed by atoms with Crippen molar-refractivity contribution in [2.24, 2.45) is 0 Å². The van der Waals surface area contributed by atoms with Crippen molar-refractivity contribution < 1.29 is 37.9 Å². The van der Waals surface area contributed by atoms with Gasteiger partial charge in [-0.25, -0.2) is 0 Å². The molecule has 0 bridgehead atoms. The van der Waals surface area contributed by atoms with E-state index in [0.29, 0.717) is 75.9 Å². The predicted molar refractivity (Wildman–Crippen MR) is 263 cm³/mol. The number of methoxy groups -OCH3 is 4. The summed E-state index contributed by atoms with van der Waals surface area (Å²) in [5.41, 5.74) is 8.10. The molecule has 0 unspecified atom stereocenters. The van der Waals surface area contributed by atoms with E-state index in [1.54, 1.807) is 40.8 Å². The molecule has 2 heterocycles. The highest BCUT2D eigenvalue weighted by molar-refractivity contribution is 6.26. The third-order valence-electron chi connectivity index (χ3n) is 11.7. The SMILES string of the molecule is COCCOc1cncc(-c2c3ccccc3c(-c3cc(OCCOC)c(OCCOC)cc3-c3c4ccccc4c(-c4cncc(OCCOC)c4)c4ccccc34)c3ccccc23)c1. The molecule has 334 valence electrons. The Morgan fingerprint density at radius 1 is 0.318 bits per heavy atom. The maximum absolute atomic E-state index is 6.58. The molecular weight excluding hydrogens is 829 g/mol. The van der Waals surface area contributed by atoms with Gasteiger partial charge in [0.25, 0.3) is 0 Å². The van der Waals surface area contributed by atoms with Gasteiger partial charge in [-0.05, 0) is 101 Å². The lowest BCUT2D eigenvalue weighted by Crippen LogP contribution is -2.09. The standard InChI is InChI=1S/C56H52N2O8/c1-59-21-25-63-39-29-37(33-57-35-39)53-41-13-5-9-17-45(41)55(46-18-10-6-14-42(46)53)49-31-51(65-27-23-61-3)52(66-28-24-62-4)32-50(49)56-47-19-11-7-15-43(47)54(44-16-8-12-20-48(44)56)38-30-40(36-58-34-38)64-26-22-60-2/h5-20,29-36H,21-28H2,1-4H3. The molecule has 0 radical (unpaired) electrons. The van der Waals surface area contributed by atoms with E-state index in [2.05, 4.69) is 131 Å². The molecule has 0 aliphatic heterocycles. The quantitative estimate of drug-likeness (QED) is 0.0543. The summed E-state index contributed by atoms with van der Waals surface area (Å²) in [6.07, 6.45) is 7.31. The summed E-state index contributed by atoms with van der Waals surface area (Å²) in [5.74, 6) is 2.56. The Morgan fingerprint density at radius 3 is 0.909 bits per heavy atom. The van der Waals surface area contributed by atoms with Crippen LogP contribution >= 0.6 is 0 Å². The van der Waals surface area contributed by atoms with E-state index in [0.717, 1.165) is 87.6 Å². The van der Waals surface area contributed by atoms with Crippen molar-refractivity contribution in [3.8, 4) is 67.5 Å². The van der Waals surface area contributed by atoms with Gasteiger partial charge < -0.3 is 37.9 Å². The molecule has 66 heavy (non-hydrogen) atoms. The van der Waals surface area contributed by atoms with Crippen LogP contribution in [0.1, 0.15) is 0 Å². The van der Waals surface area contributed by atoms with Crippen LogP contribution in [0.15, 0.2) is 146 Å². The third kappa shape index (κ3) is 8.96. The Balaban J connectivity index is 1.37. The Morgan fingerprint density at radius 2 is 0.606 bits per heavy atom. The summed E-state index contributed by atoms with van der Waals surface area (Å²) in [4.78, 5) is 9.30. The first kappa shape index (κ1) is 44.1. The second-order valence-corrected chi connectivity index (χ2v) is 15.7. The van der Waals surface area contributed by atoms with Crippen molar-refractivity contribution in [3.05, 3.63) is 146 Å². The molecule has 0 aliphatic carbocycles. The average Bonchev–Trinajstić information content (AvgIpc) is 3.35. The Kier molecular flexibility index (Phi) is 13.9. The smallest absolute Gasteiger partial charge is 0.161 e. The number of aromatic nitrogens is 2. The fourth-order valence-corrected chi connectivity index (χ4v) is 8.88. The van der Waals surface area contributed by atoms with Gasteiger partial charge in [0.15, 0.2) is 11.5 Å². The van der Waals surface area contributed by atoms with Gasteiger partial charge in [0.1, 0.15) is 37.9 Å². The Bertz CT molecular complexity index is 2810. The van der Waals surface area contributed by atoms with E-state index < -0.39 is 0 Å². The number of hydrogen-bond acceptors (Lipinski definition) is 10. The highest BCUT2D eigenvalue weighted by atomic mass is 16.6. The van der Waals surface area contributed by atoms with Crippen LogP contribution in [0.4, 0.5) is 0 Å². The zero-order valence-electron chi connectivity index (χ0n) is 37.7. The molecule has 0 fully saturated rings. The highest BCUT2D eigenvalue weighted by Gasteiger charge is 2.26. The van der Waals surface area contributed by atoms with Crippen molar-refractivity contribution in [2.45, 2.75) is 0 Å². The van der Waals surface area contributed by atoms with E-state index in [4.69, 9.17) is 37.9 Å². The first-order chi connectivity index (χ1) is 32.6. The summed E-state index contributed by atoms with van der Waals surface area (Å²) in [6.45, 7) is 3.25. The first-order valence-corrected chi connectivity index (χ1v) is 22.1. The molecule has 9 rings (SSSR count). The van der Waals surface area contributed by atoms with Crippen molar-refractivity contribution in [1.29, 1.82) is 0 Å². The summed E-state index contributed by atoms with van der Waals surface area (Å²) < 4.78 is 46.8. The van der Waals surface area contributed by atoms with Crippen LogP contribution in [-0.4, -0.2) is 91.3 Å². The van der Waals surface area contributed by atoms with Crippen LogP contribution in [-0.2, 0) is 18.9 Å². The lowest BCUT2D eigenvalue weighted by Gasteiger charge is -2.24. The van der Waals surface area contributed by atoms with Gasteiger partial charge in [0.05, 0.1) is 38.8 Å². The molecule has 0 amide bonds. The van der Waals surface area contributed by atoms with Gasteiger partial charge in [0, 0.05) is 52.0 Å². The van der Waals surface area contributed by atoms with Crippen LogP contribution in [0, 0.1) is 0 Å². The normalized spacial score (nSPS) is 11.5. The second-order valence-electron chi connectivity index (χ2n) is 15.7. The maximum Gasteiger partial charge on any atom is 0.161 e. The lowest BCUT2D eigenvalue weighted by molar-refractivity contribution is 0.132. The minimum Gasteiger partial charge on any atom is -0.490 e.